The SMILES string of the molecule is CC[C@@H](C(=O)NC1CCCC1)N(Cc1cccs1)C(=O)CNS(=O)(=O)c1ccccc1. The van der Waals surface area contributed by atoms with Crippen molar-refractivity contribution in [3.63, 3.8) is 0 Å². The zero-order valence-corrected chi connectivity index (χ0v) is 19.3. The number of sulfonamides is 1. The molecule has 1 aliphatic carbocycles. The highest BCUT2D eigenvalue weighted by molar-refractivity contribution is 7.89. The Labute approximate surface area is 187 Å². The Morgan fingerprint density at radius 2 is 1.84 bits per heavy atom. The van der Waals surface area contributed by atoms with Crippen LogP contribution in [0.4, 0.5) is 0 Å². The largest absolute Gasteiger partial charge is 0.352 e. The maximum absolute atomic E-state index is 13.1. The lowest BCUT2D eigenvalue weighted by molar-refractivity contribution is -0.140. The number of nitrogens with one attached hydrogen (secondary N) is 2. The highest BCUT2D eigenvalue weighted by atomic mass is 32.2. The maximum Gasteiger partial charge on any atom is 0.243 e. The van der Waals surface area contributed by atoms with Crippen molar-refractivity contribution in [1.82, 2.24) is 14.9 Å². The molecule has 1 atom stereocenters. The fraction of sp³-hybridized carbons (Fsp3) is 0.455. The van der Waals surface area contributed by atoms with E-state index in [1.165, 1.54) is 28.4 Å². The second-order valence-electron chi connectivity index (χ2n) is 7.65. The van der Waals surface area contributed by atoms with Gasteiger partial charge in [-0.2, -0.15) is 0 Å². The molecule has 3 rings (SSSR count). The minimum atomic E-state index is -3.82. The first-order valence-electron chi connectivity index (χ1n) is 10.6. The van der Waals surface area contributed by atoms with Crippen molar-refractivity contribution in [2.45, 2.75) is 62.6 Å². The molecule has 1 fully saturated rings. The summed E-state index contributed by atoms with van der Waals surface area (Å²) in [6, 6.07) is 11.2. The quantitative estimate of drug-likeness (QED) is 0.566. The monoisotopic (exact) mass is 463 g/mol. The molecule has 0 aliphatic heterocycles. The number of carbonyl (C=O) groups is 2. The molecule has 0 saturated heterocycles. The van der Waals surface area contributed by atoms with Crippen LogP contribution >= 0.6 is 11.3 Å². The number of hydrogen-bond donors (Lipinski definition) is 2. The Hall–Kier alpha value is -2.23. The molecule has 0 bridgehead atoms. The Bertz CT molecular complexity index is 956. The lowest BCUT2D eigenvalue weighted by Crippen LogP contribution is -2.52. The molecule has 1 heterocycles. The third kappa shape index (κ3) is 6.38. The summed E-state index contributed by atoms with van der Waals surface area (Å²) >= 11 is 1.50. The van der Waals surface area contributed by atoms with Crippen molar-refractivity contribution in [2.24, 2.45) is 0 Å². The van der Waals surface area contributed by atoms with E-state index in [9.17, 15) is 18.0 Å². The number of hydrogen-bond acceptors (Lipinski definition) is 5. The van der Waals surface area contributed by atoms with Crippen molar-refractivity contribution in [3.8, 4) is 0 Å². The number of carbonyl (C=O) groups excluding carboxylic acids is 2. The van der Waals surface area contributed by atoms with Crippen molar-refractivity contribution >= 4 is 33.2 Å². The lowest BCUT2D eigenvalue weighted by Gasteiger charge is -2.31. The van der Waals surface area contributed by atoms with Gasteiger partial charge >= 0.3 is 0 Å². The molecule has 9 heteroatoms. The van der Waals surface area contributed by atoms with Crippen molar-refractivity contribution < 1.29 is 18.0 Å². The third-order valence-electron chi connectivity index (χ3n) is 5.46. The minimum absolute atomic E-state index is 0.0959. The molecular formula is C22H29N3O4S2. The summed E-state index contributed by atoms with van der Waals surface area (Å²) in [6.07, 6.45) is 4.55. The summed E-state index contributed by atoms with van der Waals surface area (Å²) in [4.78, 5) is 28.6. The first-order chi connectivity index (χ1) is 14.9. The zero-order chi connectivity index (χ0) is 22.3. The van der Waals surface area contributed by atoms with Crippen LogP contribution in [0.2, 0.25) is 0 Å². The summed E-state index contributed by atoms with van der Waals surface area (Å²) in [6.45, 7) is 1.72. The normalized spacial score (nSPS) is 15.5. The van der Waals surface area contributed by atoms with E-state index in [0.29, 0.717) is 6.42 Å². The maximum atomic E-state index is 13.1. The molecule has 1 saturated carbocycles. The molecule has 1 aliphatic rings. The predicted octanol–water partition coefficient (Wildman–Crippen LogP) is 2.89. The molecule has 31 heavy (non-hydrogen) atoms. The van der Waals surface area contributed by atoms with Gasteiger partial charge in [0.1, 0.15) is 6.04 Å². The second-order valence-corrected chi connectivity index (χ2v) is 10.5. The van der Waals surface area contributed by atoms with Crippen LogP contribution in [0.15, 0.2) is 52.7 Å². The van der Waals surface area contributed by atoms with E-state index < -0.39 is 28.5 Å². The zero-order valence-electron chi connectivity index (χ0n) is 17.6. The fourth-order valence-corrected chi connectivity index (χ4v) is 5.50. The van der Waals surface area contributed by atoms with Gasteiger partial charge in [-0.1, -0.05) is 44.0 Å². The van der Waals surface area contributed by atoms with Gasteiger partial charge in [0.2, 0.25) is 21.8 Å². The Kier molecular flexibility index (Phi) is 8.22. The molecule has 2 N–H and O–H groups in total. The molecular weight excluding hydrogens is 434 g/mol. The molecule has 0 spiro atoms. The summed E-state index contributed by atoms with van der Waals surface area (Å²) in [7, 11) is -3.82. The van der Waals surface area contributed by atoms with Crippen molar-refractivity contribution in [3.05, 3.63) is 52.7 Å². The van der Waals surface area contributed by atoms with Crippen LogP contribution in [0.25, 0.3) is 0 Å². The Balaban J connectivity index is 1.73. The Morgan fingerprint density at radius 1 is 1.13 bits per heavy atom. The number of amides is 2. The molecule has 168 valence electrons. The van der Waals surface area contributed by atoms with Crippen LogP contribution in [0, 0.1) is 0 Å². The van der Waals surface area contributed by atoms with Crippen LogP contribution < -0.4 is 10.0 Å². The van der Waals surface area contributed by atoms with Crippen LogP contribution in [0.5, 0.6) is 0 Å². The third-order valence-corrected chi connectivity index (χ3v) is 7.74. The van der Waals surface area contributed by atoms with Crippen LogP contribution in [0.1, 0.15) is 43.9 Å². The standard InChI is InChI=1S/C22H29N3O4S2/c1-2-20(22(27)24-17-9-6-7-10-17)25(16-18-11-8-14-30-18)21(26)15-23-31(28,29)19-12-4-3-5-13-19/h3-5,8,11-14,17,20,23H,2,6-7,9-10,15-16H2,1H3,(H,24,27)/t20-/m0/s1. The summed E-state index contributed by atoms with van der Waals surface area (Å²) in [5, 5.41) is 4.99. The van der Waals surface area contributed by atoms with E-state index in [4.69, 9.17) is 0 Å². The van der Waals surface area contributed by atoms with E-state index >= 15 is 0 Å². The van der Waals surface area contributed by atoms with Crippen molar-refractivity contribution in [2.75, 3.05) is 6.54 Å². The van der Waals surface area contributed by atoms with Gasteiger partial charge < -0.3 is 10.2 Å². The van der Waals surface area contributed by atoms with Crippen molar-refractivity contribution in [1.29, 1.82) is 0 Å². The van der Waals surface area contributed by atoms with Crippen LogP contribution in [-0.2, 0) is 26.2 Å². The van der Waals surface area contributed by atoms with Crippen LogP contribution in [-0.4, -0.2) is 43.8 Å². The average Bonchev–Trinajstić information content (AvgIpc) is 3.47. The number of nitrogens with zero attached hydrogens (tertiary/aromatic N) is 1. The summed E-state index contributed by atoms with van der Waals surface area (Å²) < 4.78 is 27.4. The lowest BCUT2D eigenvalue weighted by atomic mass is 10.1. The van der Waals surface area contributed by atoms with E-state index in [1.54, 1.807) is 18.2 Å². The second kappa shape index (κ2) is 10.9. The predicted molar refractivity (Wildman–Crippen MR) is 121 cm³/mol. The molecule has 2 amide bonds. The average molecular weight is 464 g/mol. The van der Waals surface area contributed by atoms with Gasteiger partial charge in [0.15, 0.2) is 0 Å². The van der Waals surface area contributed by atoms with Gasteiger partial charge in [-0.3, -0.25) is 9.59 Å². The molecule has 2 aromatic rings. The molecule has 0 unspecified atom stereocenters. The summed E-state index contributed by atoms with van der Waals surface area (Å²) in [5.74, 6) is -0.605. The smallest absolute Gasteiger partial charge is 0.243 e. The minimum Gasteiger partial charge on any atom is -0.352 e. The molecule has 1 aromatic heterocycles. The van der Waals surface area contributed by atoms with E-state index in [-0.39, 0.29) is 23.4 Å². The Morgan fingerprint density at radius 3 is 2.45 bits per heavy atom. The van der Waals surface area contributed by atoms with Gasteiger partial charge in [0.05, 0.1) is 18.0 Å². The van der Waals surface area contributed by atoms with Gasteiger partial charge in [0, 0.05) is 10.9 Å². The molecule has 7 nitrogen and oxygen atoms in total. The highest BCUT2D eigenvalue weighted by Crippen LogP contribution is 2.20. The number of thiophene rings is 1. The van der Waals surface area contributed by atoms with Gasteiger partial charge in [0.25, 0.3) is 0 Å². The topological polar surface area (TPSA) is 95.6 Å². The van der Waals surface area contributed by atoms with Crippen LogP contribution in [0.3, 0.4) is 0 Å². The molecule has 0 radical (unpaired) electrons. The summed E-state index contributed by atoms with van der Waals surface area (Å²) in [5.41, 5.74) is 0. The first kappa shape index (κ1) is 23.4. The van der Waals surface area contributed by atoms with Gasteiger partial charge in [-0.05, 0) is 42.8 Å². The highest BCUT2D eigenvalue weighted by Gasteiger charge is 2.31. The first-order valence-corrected chi connectivity index (χ1v) is 12.9. The van der Waals surface area contributed by atoms with E-state index in [1.807, 2.05) is 24.4 Å². The fourth-order valence-electron chi connectivity index (χ4n) is 3.80. The van der Waals surface area contributed by atoms with E-state index in [0.717, 1.165) is 30.6 Å². The van der Waals surface area contributed by atoms with Gasteiger partial charge in [-0.15, -0.1) is 11.3 Å². The molecule has 1 aromatic carbocycles. The number of benzene rings is 1. The van der Waals surface area contributed by atoms with E-state index in [2.05, 4.69) is 10.0 Å². The number of rotatable bonds is 10. The van der Waals surface area contributed by atoms with Gasteiger partial charge in [-0.25, -0.2) is 13.1 Å².